The Hall–Kier alpha value is -0.700. The SMILES string of the molecule is C=C(NCCCCCCCCCCNC)OC. The van der Waals surface area contributed by atoms with Gasteiger partial charge in [0, 0.05) is 6.54 Å². The summed E-state index contributed by atoms with van der Waals surface area (Å²) in [6, 6.07) is 0. The van der Waals surface area contributed by atoms with Gasteiger partial charge in [-0.05, 0) is 33.0 Å². The Morgan fingerprint density at radius 1 is 0.882 bits per heavy atom. The average Bonchev–Trinajstić information content (AvgIpc) is 2.35. The van der Waals surface area contributed by atoms with E-state index < -0.39 is 0 Å². The fourth-order valence-corrected chi connectivity index (χ4v) is 1.79. The summed E-state index contributed by atoms with van der Waals surface area (Å²) in [5, 5.41) is 6.32. The molecule has 0 aromatic rings. The molecule has 0 radical (unpaired) electrons. The highest BCUT2D eigenvalue weighted by atomic mass is 16.5. The monoisotopic (exact) mass is 242 g/mol. The molecule has 3 nitrogen and oxygen atoms in total. The van der Waals surface area contributed by atoms with E-state index in [2.05, 4.69) is 17.2 Å². The lowest BCUT2D eigenvalue weighted by molar-refractivity contribution is 0.263. The van der Waals surface area contributed by atoms with E-state index in [4.69, 9.17) is 4.74 Å². The average molecular weight is 242 g/mol. The van der Waals surface area contributed by atoms with E-state index >= 15 is 0 Å². The lowest BCUT2D eigenvalue weighted by atomic mass is 10.1. The van der Waals surface area contributed by atoms with Crippen molar-refractivity contribution in [1.82, 2.24) is 10.6 Å². The normalized spacial score (nSPS) is 10.2. The molecule has 0 heterocycles. The van der Waals surface area contributed by atoms with Crippen LogP contribution in [0.3, 0.4) is 0 Å². The zero-order chi connectivity index (χ0) is 12.8. The maximum atomic E-state index is 4.93. The number of unbranched alkanes of at least 4 members (excludes halogenated alkanes) is 7. The lowest BCUT2D eigenvalue weighted by Gasteiger charge is -2.07. The first-order valence-electron chi connectivity index (χ1n) is 6.92. The molecule has 17 heavy (non-hydrogen) atoms. The van der Waals surface area contributed by atoms with Gasteiger partial charge in [0.25, 0.3) is 0 Å². The van der Waals surface area contributed by atoms with Crippen LogP contribution in [0.2, 0.25) is 0 Å². The predicted molar refractivity (Wildman–Crippen MR) is 75.0 cm³/mol. The molecule has 0 spiro atoms. The smallest absolute Gasteiger partial charge is 0.178 e. The molecule has 0 aromatic heterocycles. The Labute approximate surface area is 107 Å². The minimum Gasteiger partial charge on any atom is -0.483 e. The van der Waals surface area contributed by atoms with Crippen molar-refractivity contribution in [3.05, 3.63) is 12.5 Å². The zero-order valence-electron chi connectivity index (χ0n) is 11.7. The topological polar surface area (TPSA) is 33.3 Å². The van der Waals surface area contributed by atoms with Crippen LogP contribution in [0.15, 0.2) is 12.5 Å². The van der Waals surface area contributed by atoms with Crippen molar-refractivity contribution >= 4 is 0 Å². The van der Waals surface area contributed by atoms with E-state index in [1.807, 2.05) is 7.05 Å². The predicted octanol–water partition coefficient (Wildman–Crippen LogP) is 3.03. The lowest BCUT2D eigenvalue weighted by Crippen LogP contribution is -2.14. The third-order valence-corrected chi connectivity index (χ3v) is 2.92. The largest absolute Gasteiger partial charge is 0.483 e. The van der Waals surface area contributed by atoms with Gasteiger partial charge >= 0.3 is 0 Å². The molecule has 0 aromatic carbocycles. The minimum absolute atomic E-state index is 0.675. The molecule has 0 atom stereocenters. The number of methoxy groups -OCH3 is 1. The van der Waals surface area contributed by atoms with Crippen molar-refractivity contribution in [1.29, 1.82) is 0 Å². The molecule has 0 bridgehead atoms. The first kappa shape index (κ1) is 16.3. The summed E-state index contributed by atoms with van der Waals surface area (Å²) in [7, 11) is 3.66. The Morgan fingerprint density at radius 2 is 1.35 bits per heavy atom. The van der Waals surface area contributed by atoms with E-state index in [1.54, 1.807) is 7.11 Å². The van der Waals surface area contributed by atoms with E-state index in [1.165, 1.54) is 51.4 Å². The van der Waals surface area contributed by atoms with Crippen LogP contribution >= 0.6 is 0 Å². The van der Waals surface area contributed by atoms with Gasteiger partial charge in [-0.1, -0.05) is 38.5 Å². The van der Waals surface area contributed by atoms with Crippen LogP contribution in [0, 0.1) is 0 Å². The maximum Gasteiger partial charge on any atom is 0.178 e. The highest BCUT2D eigenvalue weighted by Gasteiger charge is 1.93. The molecule has 3 heteroatoms. The van der Waals surface area contributed by atoms with E-state index in [0.717, 1.165) is 13.1 Å². The quantitative estimate of drug-likeness (QED) is 0.385. The van der Waals surface area contributed by atoms with Crippen molar-refractivity contribution < 1.29 is 4.74 Å². The number of hydrogen-bond donors (Lipinski definition) is 2. The van der Waals surface area contributed by atoms with Gasteiger partial charge in [-0.15, -0.1) is 0 Å². The molecule has 0 aliphatic carbocycles. The Morgan fingerprint density at radius 3 is 1.82 bits per heavy atom. The second kappa shape index (κ2) is 13.4. The summed E-state index contributed by atoms with van der Waals surface area (Å²) in [4.78, 5) is 0. The molecule has 0 fully saturated rings. The Kier molecular flexibility index (Phi) is 12.8. The fourth-order valence-electron chi connectivity index (χ4n) is 1.79. The summed E-state index contributed by atoms with van der Waals surface area (Å²) >= 11 is 0. The Balaban J connectivity index is 2.96. The third kappa shape index (κ3) is 13.2. The molecule has 0 unspecified atom stereocenters. The van der Waals surface area contributed by atoms with Crippen LogP contribution < -0.4 is 10.6 Å². The second-order valence-electron chi connectivity index (χ2n) is 4.49. The van der Waals surface area contributed by atoms with Crippen molar-refractivity contribution in [3.8, 4) is 0 Å². The van der Waals surface area contributed by atoms with Crippen LogP contribution in [0.25, 0.3) is 0 Å². The van der Waals surface area contributed by atoms with Gasteiger partial charge in [-0.2, -0.15) is 0 Å². The molecule has 0 saturated heterocycles. The van der Waals surface area contributed by atoms with Crippen LogP contribution in [-0.2, 0) is 4.74 Å². The standard InChI is InChI=1S/C14H30N2O/c1-14(17-3)16-13-11-9-7-5-4-6-8-10-12-15-2/h15-16H,1,4-13H2,2-3H3. The first-order valence-corrected chi connectivity index (χ1v) is 6.92. The van der Waals surface area contributed by atoms with Gasteiger partial charge in [0.1, 0.15) is 0 Å². The van der Waals surface area contributed by atoms with Gasteiger partial charge in [-0.3, -0.25) is 0 Å². The zero-order valence-corrected chi connectivity index (χ0v) is 11.7. The van der Waals surface area contributed by atoms with Gasteiger partial charge in [0.2, 0.25) is 0 Å². The van der Waals surface area contributed by atoms with Crippen molar-refractivity contribution in [3.63, 3.8) is 0 Å². The van der Waals surface area contributed by atoms with E-state index in [-0.39, 0.29) is 0 Å². The number of nitrogens with one attached hydrogen (secondary N) is 2. The molecule has 0 saturated carbocycles. The van der Waals surface area contributed by atoms with Crippen LogP contribution in [0.4, 0.5) is 0 Å². The van der Waals surface area contributed by atoms with E-state index in [0.29, 0.717) is 5.88 Å². The molecule has 0 aliphatic rings. The van der Waals surface area contributed by atoms with Crippen molar-refractivity contribution in [2.45, 2.75) is 51.4 Å². The first-order chi connectivity index (χ1) is 8.31. The van der Waals surface area contributed by atoms with Gasteiger partial charge in [0.15, 0.2) is 5.88 Å². The molecular formula is C14H30N2O. The summed E-state index contributed by atoms with van der Waals surface area (Å²) in [5.41, 5.74) is 0. The molecule has 2 N–H and O–H groups in total. The summed E-state index contributed by atoms with van der Waals surface area (Å²) < 4.78 is 4.93. The highest BCUT2D eigenvalue weighted by molar-refractivity contribution is 4.77. The maximum absolute atomic E-state index is 4.93. The molecule has 102 valence electrons. The van der Waals surface area contributed by atoms with E-state index in [9.17, 15) is 0 Å². The molecule has 0 amide bonds. The molecule has 0 aliphatic heterocycles. The Bertz CT molecular complexity index is 172. The van der Waals surface area contributed by atoms with Gasteiger partial charge < -0.3 is 15.4 Å². The van der Waals surface area contributed by atoms with Gasteiger partial charge in [-0.25, -0.2) is 0 Å². The molecular weight excluding hydrogens is 212 g/mol. The fraction of sp³-hybridized carbons (Fsp3) is 0.857. The summed E-state index contributed by atoms with van der Waals surface area (Å²) in [6.45, 7) is 5.86. The van der Waals surface area contributed by atoms with Gasteiger partial charge in [0.05, 0.1) is 7.11 Å². The number of ether oxygens (including phenoxy) is 1. The summed E-state index contributed by atoms with van der Waals surface area (Å²) in [6.07, 6.45) is 10.7. The number of hydrogen-bond acceptors (Lipinski definition) is 3. The van der Waals surface area contributed by atoms with Crippen molar-refractivity contribution in [2.75, 3.05) is 27.2 Å². The molecule has 0 rings (SSSR count). The highest BCUT2D eigenvalue weighted by Crippen LogP contribution is 2.08. The van der Waals surface area contributed by atoms with Crippen LogP contribution in [-0.4, -0.2) is 27.2 Å². The number of rotatable bonds is 13. The van der Waals surface area contributed by atoms with Crippen LogP contribution in [0.1, 0.15) is 51.4 Å². The second-order valence-corrected chi connectivity index (χ2v) is 4.49. The summed E-state index contributed by atoms with van der Waals surface area (Å²) in [5.74, 6) is 0.675. The minimum atomic E-state index is 0.675. The van der Waals surface area contributed by atoms with Crippen LogP contribution in [0.5, 0.6) is 0 Å². The van der Waals surface area contributed by atoms with Crippen molar-refractivity contribution in [2.24, 2.45) is 0 Å². The third-order valence-electron chi connectivity index (χ3n) is 2.92.